The molecule has 1 aromatic rings. The summed E-state index contributed by atoms with van der Waals surface area (Å²) in [6.07, 6.45) is 3.20. The molecule has 1 fully saturated rings. The van der Waals surface area contributed by atoms with Crippen LogP contribution in [0.1, 0.15) is 39.3 Å². The average Bonchev–Trinajstić information content (AvgIpc) is 2.41. The monoisotopic (exact) mass is 370 g/mol. The van der Waals surface area contributed by atoms with E-state index in [2.05, 4.69) is 31.2 Å². The fourth-order valence-corrected chi connectivity index (χ4v) is 2.69. The normalized spacial score (nSPS) is 16.5. The molecular weight excluding hydrogens is 348 g/mol. The van der Waals surface area contributed by atoms with Gasteiger partial charge in [0.1, 0.15) is 16.0 Å². The Balaban J connectivity index is 1.86. The molecule has 1 N–H and O–H groups in total. The van der Waals surface area contributed by atoms with Crippen LogP contribution in [-0.4, -0.2) is 45.7 Å². The van der Waals surface area contributed by atoms with Crippen molar-refractivity contribution in [3.8, 4) is 0 Å². The second-order valence-corrected chi connectivity index (χ2v) is 7.33. The topological polar surface area (TPSA) is 67.4 Å². The second-order valence-electron chi connectivity index (χ2n) is 6.51. The van der Waals surface area contributed by atoms with Gasteiger partial charge < -0.3 is 15.0 Å². The first-order chi connectivity index (χ1) is 10.2. The van der Waals surface area contributed by atoms with E-state index in [4.69, 9.17) is 4.74 Å². The minimum Gasteiger partial charge on any atom is -0.444 e. The van der Waals surface area contributed by atoms with Gasteiger partial charge in [0.15, 0.2) is 0 Å². The van der Waals surface area contributed by atoms with Gasteiger partial charge in [-0.3, -0.25) is 0 Å². The van der Waals surface area contributed by atoms with Crippen LogP contribution in [0.25, 0.3) is 0 Å². The first-order valence-corrected chi connectivity index (χ1v) is 8.27. The highest BCUT2D eigenvalue weighted by molar-refractivity contribution is 9.10. The van der Waals surface area contributed by atoms with Crippen molar-refractivity contribution in [2.75, 3.05) is 18.4 Å². The van der Waals surface area contributed by atoms with Crippen LogP contribution < -0.4 is 5.32 Å². The summed E-state index contributed by atoms with van der Waals surface area (Å²) in [5.74, 6) is 0.805. The Kier molecular flexibility index (Phi) is 5.26. The summed E-state index contributed by atoms with van der Waals surface area (Å²) >= 11 is 3.31. The number of ether oxygens (including phenoxy) is 1. The van der Waals surface area contributed by atoms with Crippen LogP contribution >= 0.6 is 15.9 Å². The van der Waals surface area contributed by atoms with E-state index < -0.39 is 5.60 Å². The molecule has 0 spiro atoms. The second kappa shape index (κ2) is 6.81. The van der Waals surface area contributed by atoms with Crippen LogP contribution in [0, 0.1) is 6.92 Å². The lowest BCUT2D eigenvalue weighted by molar-refractivity contribution is 0.0210. The van der Waals surface area contributed by atoms with Gasteiger partial charge in [-0.15, -0.1) is 0 Å². The minimum atomic E-state index is -0.448. The number of carbonyl (C=O) groups is 1. The number of amides is 1. The van der Waals surface area contributed by atoms with Crippen LogP contribution in [0.2, 0.25) is 0 Å². The van der Waals surface area contributed by atoms with Gasteiger partial charge in [-0.1, -0.05) is 0 Å². The van der Waals surface area contributed by atoms with Gasteiger partial charge in [0, 0.05) is 19.1 Å². The summed E-state index contributed by atoms with van der Waals surface area (Å²) < 4.78 is 6.13. The number of carbonyl (C=O) groups excluding carboxylic acids is 1. The molecule has 1 aliphatic heterocycles. The maximum atomic E-state index is 12.0. The smallest absolute Gasteiger partial charge is 0.410 e. The zero-order valence-electron chi connectivity index (χ0n) is 13.5. The van der Waals surface area contributed by atoms with Crippen LogP contribution in [0.15, 0.2) is 10.8 Å². The molecule has 1 aliphatic rings. The third kappa shape index (κ3) is 4.83. The number of piperidine rings is 1. The van der Waals surface area contributed by atoms with Gasteiger partial charge in [-0.25, -0.2) is 14.8 Å². The SMILES string of the molecule is Cc1nc(Br)cnc1NC1CCN(C(=O)OC(C)(C)C)CC1. The molecule has 2 rings (SSSR count). The molecule has 0 aromatic carbocycles. The predicted molar refractivity (Wildman–Crippen MR) is 88.9 cm³/mol. The third-order valence-corrected chi connectivity index (χ3v) is 3.79. The van der Waals surface area contributed by atoms with Crippen molar-refractivity contribution in [1.29, 1.82) is 0 Å². The number of hydrogen-bond acceptors (Lipinski definition) is 5. The van der Waals surface area contributed by atoms with Gasteiger partial charge in [0.2, 0.25) is 0 Å². The summed E-state index contributed by atoms with van der Waals surface area (Å²) in [4.78, 5) is 22.5. The highest BCUT2D eigenvalue weighted by Crippen LogP contribution is 2.20. The number of aromatic nitrogens is 2. The van der Waals surface area contributed by atoms with E-state index in [0.717, 1.165) is 29.0 Å². The fraction of sp³-hybridized carbons (Fsp3) is 0.667. The van der Waals surface area contributed by atoms with E-state index in [1.54, 1.807) is 11.1 Å². The molecule has 0 radical (unpaired) electrons. The number of anilines is 1. The highest BCUT2D eigenvalue weighted by Gasteiger charge is 2.27. The zero-order chi connectivity index (χ0) is 16.3. The summed E-state index contributed by atoms with van der Waals surface area (Å²) in [7, 11) is 0. The van der Waals surface area contributed by atoms with E-state index >= 15 is 0 Å². The van der Waals surface area contributed by atoms with Crippen molar-refractivity contribution in [2.24, 2.45) is 0 Å². The average molecular weight is 371 g/mol. The van der Waals surface area contributed by atoms with Crippen LogP contribution in [0.3, 0.4) is 0 Å². The molecular formula is C15H23BrN4O2. The molecule has 1 saturated heterocycles. The van der Waals surface area contributed by atoms with E-state index in [9.17, 15) is 4.79 Å². The summed E-state index contributed by atoms with van der Waals surface area (Å²) in [5.41, 5.74) is 0.417. The molecule has 0 saturated carbocycles. The third-order valence-electron chi connectivity index (χ3n) is 3.40. The Morgan fingerprint density at radius 3 is 2.59 bits per heavy atom. The van der Waals surface area contributed by atoms with E-state index in [1.165, 1.54) is 0 Å². The number of halogens is 1. The van der Waals surface area contributed by atoms with E-state index in [-0.39, 0.29) is 6.09 Å². The number of likely N-dealkylation sites (tertiary alicyclic amines) is 1. The Morgan fingerprint density at radius 2 is 2.05 bits per heavy atom. The number of nitrogens with one attached hydrogen (secondary N) is 1. The largest absolute Gasteiger partial charge is 0.444 e. The summed E-state index contributed by atoms with van der Waals surface area (Å²) in [5, 5.41) is 3.41. The van der Waals surface area contributed by atoms with Gasteiger partial charge in [-0.2, -0.15) is 0 Å². The Morgan fingerprint density at radius 1 is 1.41 bits per heavy atom. The van der Waals surface area contributed by atoms with Crippen molar-refractivity contribution in [2.45, 2.75) is 52.2 Å². The quantitative estimate of drug-likeness (QED) is 0.864. The molecule has 0 bridgehead atoms. The first kappa shape index (κ1) is 17.0. The minimum absolute atomic E-state index is 0.231. The fourth-order valence-electron chi connectivity index (χ4n) is 2.32. The standard InChI is InChI=1S/C15H23BrN4O2/c1-10-13(17-9-12(16)18-10)19-11-5-7-20(8-6-11)14(21)22-15(2,3)4/h9,11H,5-8H2,1-4H3,(H,17,19). The lowest BCUT2D eigenvalue weighted by atomic mass is 10.1. The first-order valence-electron chi connectivity index (χ1n) is 7.48. The molecule has 0 aliphatic carbocycles. The molecule has 1 aromatic heterocycles. The molecule has 1 amide bonds. The van der Waals surface area contributed by atoms with Gasteiger partial charge in [0.25, 0.3) is 0 Å². The van der Waals surface area contributed by atoms with Gasteiger partial charge in [-0.05, 0) is 56.5 Å². The summed E-state index contributed by atoms with van der Waals surface area (Å²) in [6.45, 7) is 8.96. The number of rotatable bonds is 2. The van der Waals surface area contributed by atoms with Gasteiger partial charge in [0.05, 0.1) is 11.9 Å². The van der Waals surface area contributed by atoms with Crippen molar-refractivity contribution in [3.63, 3.8) is 0 Å². The molecule has 122 valence electrons. The van der Waals surface area contributed by atoms with Crippen LogP contribution in [-0.2, 0) is 4.74 Å². The number of hydrogen-bond donors (Lipinski definition) is 1. The van der Waals surface area contributed by atoms with E-state index in [1.807, 2.05) is 27.7 Å². The summed E-state index contributed by atoms with van der Waals surface area (Å²) in [6, 6.07) is 0.299. The highest BCUT2D eigenvalue weighted by atomic mass is 79.9. The Bertz CT molecular complexity index is 537. The van der Waals surface area contributed by atoms with Gasteiger partial charge >= 0.3 is 6.09 Å². The van der Waals surface area contributed by atoms with Crippen LogP contribution in [0.5, 0.6) is 0 Å². The van der Waals surface area contributed by atoms with Crippen molar-refractivity contribution < 1.29 is 9.53 Å². The molecule has 0 atom stereocenters. The van der Waals surface area contributed by atoms with Crippen molar-refractivity contribution in [1.82, 2.24) is 14.9 Å². The molecule has 6 nitrogen and oxygen atoms in total. The molecule has 2 heterocycles. The lowest BCUT2D eigenvalue weighted by Crippen LogP contribution is -2.44. The van der Waals surface area contributed by atoms with Crippen molar-refractivity contribution in [3.05, 3.63) is 16.5 Å². The van der Waals surface area contributed by atoms with E-state index in [0.29, 0.717) is 19.1 Å². The molecule has 7 heteroatoms. The Hall–Kier alpha value is -1.37. The maximum Gasteiger partial charge on any atom is 0.410 e. The number of nitrogens with zero attached hydrogens (tertiary/aromatic N) is 3. The predicted octanol–water partition coefficient (Wildman–Crippen LogP) is 3.36. The van der Waals surface area contributed by atoms with Crippen LogP contribution in [0.4, 0.5) is 10.6 Å². The molecule has 0 unspecified atom stereocenters. The molecule has 22 heavy (non-hydrogen) atoms. The Labute approximate surface area is 139 Å². The zero-order valence-corrected chi connectivity index (χ0v) is 15.1. The maximum absolute atomic E-state index is 12.0. The number of aryl methyl sites for hydroxylation is 1. The lowest BCUT2D eigenvalue weighted by Gasteiger charge is -2.34. The van der Waals surface area contributed by atoms with Crippen molar-refractivity contribution >= 4 is 27.8 Å².